The summed E-state index contributed by atoms with van der Waals surface area (Å²) in [6, 6.07) is 17.2. The minimum Gasteiger partial charge on any atom is -0.493 e. The van der Waals surface area contributed by atoms with Gasteiger partial charge in [0.25, 0.3) is 5.56 Å². The molecule has 0 spiro atoms. The van der Waals surface area contributed by atoms with Gasteiger partial charge in [-0.05, 0) is 49.4 Å². The smallest absolute Gasteiger partial charge is 0.337 e. The molecule has 244 valence electrons. The Balaban J connectivity index is 0.000000213. The van der Waals surface area contributed by atoms with Crippen molar-refractivity contribution < 1.29 is 38.3 Å². The van der Waals surface area contributed by atoms with Crippen molar-refractivity contribution in [1.29, 1.82) is 5.26 Å². The summed E-state index contributed by atoms with van der Waals surface area (Å²) in [7, 11) is 9.18. The molecular weight excluding hydrogens is 608 g/mol. The fourth-order valence-electron chi connectivity index (χ4n) is 4.34. The molecule has 5 aromatic rings. The third-order valence-corrected chi connectivity index (χ3v) is 6.62. The Bertz CT molecular complexity index is 1900. The van der Waals surface area contributed by atoms with Crippen LogP contribution in [0, 0.1) is 18.3 Å². The highest BCUT2D eigenvalue weighted by Gasteiger charge is 2.16. The zero-order chi connectivity index (χ0) is 34.5. The van der Waals surface area contributed by atoms with Crippen molar-refractivity contribution in [2.75, 3.05) is 42.7 Å². The summed E-state index contributed by atoms with van der Waals surface area (Å²) in [6.45, 7) is 1.67. The van der Waals surface area contributed by atoms with E-state index in [1.807, 2.05) is 12.1 Å². The topological polar surface area (TPSA) is 175 Å². The van der Waals surface area contributed by atoms with Crippen LogP contribution in [0.25, 0.3) is 22.2 Å². The van der Waals surface area contributed by atoms with E-state index >= 15 is 0 Å². The fourth-order valence-corrected chi connectivity index (χ4v) is 4.34. The van der Waals surface area contributed by atoms with Crippen LogP contribution in [-0.4, -0.2) is 68.7 Å². The Morgan fingerprint density at radius 1 is 0.766 bits per heavy atom. The van der Waals surface area contributed by atoms with E-state index in [1.165, 1.54) is 27.4 Å². The van der Waals surface area contributed by atoms with Crippen LogP contribution in [0.1, 0.15) is 21.6 Å². The van der Waals surface area contributed by atoms with Crippen LogP contribution in [0.4, 0.5) is 0 Å². The number of H-pyrrole nitrogens is 1. The molecule has 3 aromatic heterocycles. The number of fused-ring (bicyclic) bond motifs is 1. The van der Waals surface area contributed by atoms with Crippen LogP contribution in [0.15, 0.2) is 71.8 Å². The maximum absolute atomic E-state index is 12.2. The first-order valence-electron chi connectivity index (χ1n) is 13.8. The minimum atomic E-state index is -0.925. The van der Waals surface area contributed by atoms with Crippen molar-refractivity contribution in [1.82, 2.24) is 15.0 Å². The van der Waals surface area contributed by atoms with Gasteiger partial charge in [0.05, 0.1) is 82.1 Å². The molecule has 0 atom stereocenters. The van der Waals surface area contributed by atoms with E-state index in [1.54, 1.807) is 83.1 Å². The van der Waals surface area contributed by atoms with Gasteiger partial charge in [-0.3, -0.25) is 14.8 Å². The SMILES string of the molecule is COc1cc(-c2cc3ncccc3c(=O)[nH]2)cc(OC)c1OC.COc1cc(C#N)cc(OC)c1OC.Cc1ncccc1C(=O)O. The lowest BCUT2D eigenvalue weighted by molar-refractivity contribution is 0.0695. The number of hydrogen-bond acceptors (Lipinski definition) is 11. The number of pyridine rings is 3. The second-order valence-corrected chi connectivity index (χ2v) is 9.33. The molecule has 0 unspecified atom stereocenters. The van der Waals surface area contributed by atoms with Gasteiger partial charge >= 0.3 is 5.97 Å². The van der Waals surface area contributed by atoms with E-state index in [0.29, 0.717) is 62.4 Å². The van der Waals surface area contributed by atoms with E-state index < -0.39 is 5.97 Å². The summed E-state index contributed by atoms with van der Waals surface area (Å²) in [5.74, 6) is 2.08. The Morgan fingerprint density at radius 2 is 1.28 bits per heavy atom. The number of carboxylic acids is 1. The van der Waals surface area contributed by atoms with Gasteiger partial charge in [0.1, 0.15) is 0 Å². The molecule has 0 aliphatic rings. The van der Waals surface area contributed by atoms with Crippen LogP contribution in [0.5, 0.6) is 34.5 Å². The average Bonchev–Trinajstić information content (AvgIpc) is 3.10. The lowest BCUT2D eigenvalue weighted by Gasteiger charge is -2.14. The summed E-state index contributed by atoms with van der Waals surface area (Å²) in [5.41, 5.74) is 3.08. The van der Waals surface area contributed by atoms with Gasteiger partial charge in [-0.25, -0.2) is 4.79 Å². The number of carbonyl (C=O) groups is 1. The molecule has 0 radical (unpaired) electrons. The van der Waals surface area contributed by atoms with E-state index in [4.69, 9.17) is 38.8 Å². The number of benzene rings is 2. The number of aromatic carboxylic acids is 1. The van der Waals surface area contributed by atoms with Crippen LogP contribution < -0.4 is 34.0 Å². The molecule has 0 saturated heterocycles. The number of aryl methyl sites for hydroxylation is 1. The largest absolute Gasteiger partial charge is 0.493 e. The standard InChI is InChI=1S/C17H16N2O4.C10H11NO3.C7H7NO2/c1-21-14-7-10(8-15(22-2)16(14)23-3)12-9-13-11(17(20)19-12)5-4-6-18-13;1-12-8-4-7(6-11)5-9(13-2)10(8)14-3;1-5-6(7(9)10)3-2-4-8-5/h4-9H,1-3H3,(H,19,20);4-5H,1-3H3;2-4H,1H3,(H,9,10). The molecule has 13 nitrogen and oxygen atoms in total. The second kappa shape index (κ2) is 16.7. The number of nitriles is 1. The fraction of sp³-hybridized carbons (Fsp3) is 0.206. The average molecular weight is 643 g/mol. The zero-order valence-corrected chi connectivity index (χ0v) is 26.9. The van der Waals surface area contributed by atoms with Crippen molar-refractivity contribution in [2.24, 2.45) is 0 Å². The number of nitrogens with zero attached hydrogens (tertiary/aromatic N) is 3. The number of rotatable bonds is 8. The highest BCUT2D eigenvalue weighted by atomic mass is 16.5. The first-order chi connectivity index (χ1) is 22.6. The third kappa shape index (κ3) is 8.46. The van der Waals surface area contributed by atoms with Crippen LogP contribution >= 0.6 is 0 Å². The number of methoxy groups -OCH3 is 6. The van der Waals surface area contributed by atoms with Gasteiger partial charge in [0.15, 0.2) is 23.0 Å². The van der Waals surface area contributed by atoms with Gasteiger partial charge in [0, 0.05) is 30.1 Å². The molecule has 0 aliphatic heterocycles. The number of carboxylic acid groups (broad SMARTS) is 1. The summed E-state index contributed by atoms with van der Waals surface area (Å²) < 4.78 is 31.2. The highest BCUT2D eigenvalue weighted by molar-refractivity contribution is 5.88. The lowest BCUT2D eigenvalue weighted by Crippen LogP contribution is -2.08. The van der Waals surface area contributed by atoms with Gasteiger partial charge in [-0.1, -0.05) is 0 Å². The molecule has 5 rings (SSSR count). The highest BCUT2D eigenvalue weighted by Crippen LogP contribution is 2.41. The number of aromatic amines is 1. The Kier molecular flexibility index (Phi) is 12.5. The number of nitrogens with one attached hydrogen (secondary N) is 1. The second-order valence-electron chi connectivity index (χ2n) is 9.33. The molecule has 0 fully saturated rings. The molecule has 47 heavy (non-hydrogen) atoms. The number of aromatic nitrogens is 3. The van der Waals surface area contributed by atoms with Crippen molar-refractivity contribution in [3.8, 4) is 51.8 Å². The van der Waals surface area contributed by atoms with Crippen LogP contribution in [0.3, 0.4) is 0 Å². The molecule has 0 aliphatic carbocycles. The lowest BCUT2D eigenvalue weighted by atomic mass is 10.1. The summed E-state index contributed by atoms with van der Waals surface area (Å²) in [4.78, 5) is 33.5. The van der Waals surface area contributed by atoms with E-state index in [2.05, 4.69) is 15.0 Å². The maximum Gasteiger partial charge on any atom is 0.337 e. The first-order valence-corrected chi connectivity index (χ1v) is 13.8. The van der Waals surface area contributed by atoms with Gasteiger partial charge < -0.3 is 38.5 Å². The van der Waals surface area contributed by atoms with Gasteiger partial charge in [0.2, 0.25) is 11.5 Å². The molecule has 2 N–H and O–H groups in total. The van der Waals surface area contributed by atoms with E-state index in [0.717, 1.165) is 5.56 Å². The number of ether oxygens (including phenoxy) is 6. The quantitative estimate of drug-likeness (QED) is 0.224. The summed E-state index contributed by atoms with van der Waals surface area (Å²) in [5, 5.41) is 17.8. The van der Waals surface area contributed by atoms with Crippen molar-refractivity contribution >= 4 is 16.9 Å². The van der Waals surface area contributed by atoms with E-state index in [9.17, 15) is 9.59 Å². The molecule has 0 bridgehead atoms. The van der Waals surface area contributed by atoms with Crippen molar-refractivity contribution in [3.63, 3.8) is 0 Å². The van der Waals surface area contributed by atoms with Gasteiger partial charge in [-0.2, -0.15) is 5.26 Å². The van der Waals surface area contributed by atoms with Crippen molar-refractivity contribution in [2.45, 2.75) is 6.92 Å². The Hall–Kier alpha value is -6.29. The summed E-state index contributed by atoms with van der Waals surface area (Å²) in [6.07, 6.45) is 3.22. The first kappa shape index (κ1) is 35.2. The predicted octanol–water partition coefficient (Wildman–Crippen LogP) is 5.29. The Morgan fingerprint density at radius 3 is 1.72 bits per heavy atom. The monoisotopic (exact) mass is 642 g/mol. The summed E-state index contributed by atoms with van der Waals surface area (Å²) >= 11 is 0. The molecule has 2 aromatic carbocycles. The third-order valence-electron chi connectivity index (χ3n) is 6.62. The predicted molar refractivity (Wildman–Crippen MR) is 174 cm³/mol. The Labute approximate surface area is 270 Å². The molecule has 0 saturated carbocycles. The molecule has 3 heterocycles. The normalized spacial score (nSPS) is 9.83. The van der Waals surface area contributed by atoms with Crippen molar-refractivity contribution in [3.05, 3.63) is 94.2 Å². The minimum absolute atomic E-state index is 0.195. The molecule has 0 amide bonds. The van der Waals surface area contributed by atoms with Gasteiger partial charge in [-0.15, -0.1) is 0 Å². The number of hydrogen-bond donors (Lipinski definition) is 2. The van der Waals surface area contributed by atoms with Crippen LogP contribution in [-0.2, 0) is 0 Å². The molecule has 13 heteroatoms. The van der Waals surface area contributed by atoms with E-state index in [-0.39, 0.29) is 11.1 Å². The molecular formula is C34H34N4O9. The zero-order valence-electron chi connectivity index (χ0n) is 26.9. The van der Waals surface area contributed by atoms with Crippen LogP contribution in [0.2, 0.25) is 0 Å². The maximum atomic E-state index is 12.2.